The number of hydrogen-bond acceptors (Lipinski definition) is 3. The maximum absolute atomic E-state index is 12.4. The highest BCUT2D eigenvalue weighted by Crippen LogP contribution is 2.27. The molecule has 2 aromatic rings. The number of para-hydroxylation sites is 1. The van der Waals surface area contributed by atoms with Crippen LogP contribution >= 0.6 is 0 Å². The molecule has 0 fully saturated rings. The van der Waals surface area contributed by atoms with E-state index in [0.717, 1.165) is 11.1 Å². The normalized spacial score (nSPS) is 10.2. The van der Waals surface area contributed by atoms with Gasteiger partial charge in [0.2, 0.25) is 0 Å². The molecule has 0 unspecified atom stereocenters. The zero-order chi connectivity index (χ0) is 14.7. The Bertz CT molecular complexity index is 651. The Morgan fingerprint density at radius 2 is 1.85 bits per heavy atom. The van der Waals surface area contributed by atoms with Crippen LogP contribution in [0.2, 0.25) is 0 Å². The topological polar surface area (TPSA) is 64.3 Å². The molecule has 0 aliphatic rings. The molecule has 0 atom stereocenters. The molecular weight excluding hydrogens is 252 g/mol. The Kier molecular flexibility index (Phi) is 3.94. The molecule has 3 N–H and O–H groups in total. The van der Waals surface area contributed by atoms with Crippen LogP contribution in [0.15, 0.2) is 36.4 Å². The molecule has 0 aromatic heterocycles. The number of aryl methyl sites for hydroxylation is 1. The lowest BCUT2D eigenvalue weighted by atomic mass is 10.1. The highest BCUT2D eigenvalue weighted by molar-refractivity contribution is 6.08. The fraction of sp³-hybridized carbons (Fsp3) is 0.188. The molecule has 1 amide bonds. The highest BCUT2D eigenvalue weighted by atomic mass is 16.5. The average Bonchev–Trinajstić information content (AvgIpc) is 2.47. The first-order valence-electron chi connectivity index (χ1n) is 6.34. The first-order chi connectivity index (χ1) is 9.54. The summed E-state index contributed by atoms with van der Waals surface area (Å²) >= 11 is 0. The van der Waals surface area contributed by atoms with E-state index in [2.05, 4.69) is 5.32 Å². The molecule has 0 spiro atoms. The highest BCUT2D eigenvalue weighted by Gasteiger charge is 2.14. The van der Waals surface area contributed by atoms with Gasteiger partial charge in [0.1, 0.15) is 5.75 Å². The van der Waals surface area contributed by atoms with Gasteiger partial charge in [0, 0.05) is 0 Å². The number of nitrogens with one attached hydrogen (secondary N) is 1. The van der Waals surface area contributed by atoms with E-state index in [1.807, 2.05) is 26.0 Å². The van der Waals surface area contributed by atoms with Gasteiger partial charge < -0.3 is 15.8 Å². The summed E-state index contributed by atoms with van der Waals surface area (Å²) in [6, 6.07) is 10.8. The second-order valence-corrected chi connectivity index (χ2v) is 4.63. The number of nitrogens with two attached hydrogens (primary N) is 1. The third-order valence-electron chi connectivity index (χ3n) is 3.36. The number of nitrogen functional groups attached to an aromatic ring is 1. The Morgan fingerprint density at radius 1 is 1.15 bits per heavy atom. The molecule has 0 heterocycles. The van der Waals surface area contributed by atoms with Crippen molar-refractivity contribution in [1.82, 2.24) is 0 Å². The lowest BCUT2D eigenvalue weighted by Crippen LogP contribution is -2.15. The molecule has 0 bridgehead atoms. The Labute approximate surface area is 118 Å². The summed E-state index contributed by atoms with van der Waals surface area (Å²) in [5.41, 5.74) is 9.67. The van der Waals surface area contributed by atoms with E-state index in [9.17, 15) is 4.79 Å². The zero-order valence-electron chi connectivity index (χ0n) is 11.9. The van der Waals surface area contributed by atoms with Crippen molar-refractivity contribution in [2.45, 2.75) is 13.8 Å². The van der Waals surface area contributed by atoms with Gasteiger partial charge in [-0.25, -0.2) is 0 Å². The van der Waals surface area contributed by atoms with Crippen molar-refractivity contribution in [1.29, 1.82) is 0 Å². The second-order valence-electron chi connectivity index (χ2n) is 4.63. The van der Waals surface area contributed by atoms with Gasteiger partial charge in [-0.05, 0) is 43.2 Å². The smallest absolute Gasteiger partial charge is 0.259 e. The first-order valence-corrected chi connectivity index (χ1v) is 6.34. The van der Waals surface area contributed by atoms with Gasteiger partial charge in [-0.1, -0.05) is 18.2 Å². The van der Waals surface area contributed by atoms with Gasteiger partial charge in [0.15, 0.2) is 0 Å². The Hall–Kier alpha value is -2.49. The Balaban J connectivity index is 2.35. The Morgan fingerprint density at radius 3 is 2.55 bits per heavy atom. The number of carbonyl (C=O) groups excluding carboxylic acids is 1. The molecule has 2 aromatic carbocycles. The summed E-state index contributed by atoms with van der Waals surface area (Å²) in [5, 5.41) is 2.87. The summed E-state index contributed by atoms with van der Waals surface area (Å²) < 4.78 is 5.20. The number of hydrogen-bond donors (Lipinski definition) is 2. The lowest BCUT2D eigenvalue weighted by Gasteiger charge is -2.14. The number of amides is 1. The molecule has 2 rings (SSSR count). The van der Waals surface area contributed by atoms with Crippen LogP contribution in [0.1, 0.15) is 21.5 Å². The van der Waals surface area contributed by atoms with Gasteiger partial charge in [-0.3, -0.25) is 4.79 Å². The van der Waals surface area contributed by atoms with Crippen LogP contribution in [0.5, 0.6) is 5.75 Å². The molecule has 4 nitrogen and oxygen atoms in total. The summed E-state index contributed by atoms with van der Waals surface area (Å²) in [6.45, 7) is 3.91. The third-order valence-corrected chi connectivity index (χ3v) is 3.36. The largest absolute Gasteiger partial charge is 0.496 e. The average molecular weight is 270 g/mol. The number of rotatable bonds is 3. The van der Waals surface area contributed by atoms with Gasteiger partial charge in [0.05, 0.1) is 24.0 Å². The number of methoxy groups -OCH3 is 1. The predicted molar refractivity (Wildman–Crippen MR) is 81.3 cm³/mol. The summed E-state index contributed by atoms with van der Waals surface area (Å²) in [6.07, 6.45) is 0. The molecule has 20 heavy (non-hydrogen) atoms. The van der Waals surface area contributed by atoms with Crippen LogP contribution < -0.4 is 15.8 Å². The quantitative estimate of drug-likeness (QED) is 0.842. The van der Waals surface area contributed by atoms with E-state index in [1.165, 1.54) is 0 Å². The van der Waals surface area contributed by atoms with Crippen LogP contribution in [0.3, 0.4) is 0 Å². The van der Waals surface area contributed by atoms with Crippen molar-refractivity contribution in [2.24, 2.45) is 0 Å². The molecule has 0 aliphatic heterocycles. The summed E-state index contributed by atoms with van der Waals surface area (Å²) in [4.78, 5) is 12.4. The van der Waals surface area contributed by atoms with Gasteiger partial charge in [-0.2, -0.15) is 0 Å². The number of ether oxygens (including phenoxy) is 1. The third kappa shape index (κ3) is 2.59. The van der Waals surface area contributed by atoms with Gasteiger partial charge in [-0.15, -0.1) is 0 Å². The van der Waals surface area contributed by atoms with Crippen molar-refractivity contribution < 1.29 is 9.53 Å². The molecule has 0 radical (unpaired) electrons. The zero-order valence-corrected chi connectivity index (χ0v) is 11.9. The maximum Gasteiger partial charge on any atom is 0.259 e. The number of anilines is 2. The van der Waals surface area contributed by atoms with Crippen LogP contribution in [0, 0.1) is 13.8 Å². The van der Waals surface area contributed by atoms with E-state index in [0.29, 0.717) is 22.7 Å². The molecular formula is C16H18N2O2. The van der Waals surface area contributed by atoms with Crippen LogP contribution in [-0.4, -0.2) is 13.0 Å². The fourth-order valence-corrected chi connectivity index (χ4v) is 2.02. The van der Waals surface area contributed by atoms with Crippen LogP contribution in [0.25, 0.3) is 0 Å². The number of carbonyl (C=O) groups is 1. The van der Waals surface area contributed by atoms with Gasteiger partial charge >= 0.3 is 0 Å². The van der Waals surface area contributed by atoms with Crippen LogP contribution in [0.4, 0.5) is 11.4 Å². The second kappa shape index (κ2) is 5.65. The number of benzene rings is 2. The van der Waals surface area contributed by atoms with Crippen LogP contribution in [-0.2, 0) is 0 Å². The summed E-state index contributed by atoms with van der Waals surface area (Å²) in [5.74, 6) is 0.303. The van der Waals surface area contributed by atoms with E-state index < -0.39 is 0 Å². The van der Waals surface area contributed by atoms with E-state index in [4.69, 9.17) is 10.5 Å². The van der Waals surface area contributed by atoms with E-state index in [-0.39, 0.29) is 5.91 Å². The lowest BCUT2D eigenvalue weighted by molar-refractivity contribution is 0.102. The minimum absolute atomic E-state index is 0.233. The molecule has 0 saturated carbocycles. The van der Waals surface area contributed by atoms with Crippen molar-refractivity contribution in [2.75, 3.05) is 18.2 Å². The summed E-state index contributed by atoms with van der Waals surface area (Å²) in [7, 11) is 1.54. The fourth-order valence-electron chi connectivity index (χ4n) is 2.02. The van der Waals surface area contributed by atoms with Crippen molar-refractivity contribution in [3.05, 3.63) is 53.1 Å². The van der Waals surface area contributed by atoms with Crippen molar-refractivity contribution in [3.63, 3.8) is 0 Å². The molecule has 0 saturated heterocycles. The minimum Gasteiger partial charge on any atom is -0.496 e. The van der Waals surface area contributed by atoms with Crippen molar-refractivity contribution in [3.8, 4) is 5.75 Å². The standard InChI is InChI=1S/C16H18N2O2/c1-10-8-9-13(17)15(11(10)2)18-16(19)12-6-4-5-7-14(12)20-3/h4-9H,17H2,1-3H3,(H,18,19). The first kappa shape index (κ1) is 13.9. The molecule has 104 valence electrons. The predicted octanol–water partition coefficient (Wildman–Crippen LogP) is 3.15. The monoisotopic (exact) mass is 270 g/mol. The van der Waals surface area contributed by atoms with Crippen molar-refractivity contribution >= 4 is 17.3 Å². The molecule has 4 heteroatoms. The van der Waals surface area contributed by atoms with E-state index in [1.54, 1.807) is 31.4 Å². The van der Waals surface area contributed by atoms with Gasteiger partial charge in [0.25, 0.3) is 5.91 Å². The SMILES string of the molecule is COc1ccccc1C(=O)Nc1c(N)ccc(C)c1C. The maximum atomic E-state index is 12.4. The minimum atomic E-state index is -0.233. The molecule has 0 aliphatic carbocycles. The van der Waals surface area contributed by atoms with E-state index >= 15 is 0 Å².